The highest BCUT2D eigenvalue weighted by molar-refractivity contribution is 6.00. The summed E-state index contributed by atoms with van der Waals surface area (Å²) in [5, 5.41) is 16.1. The van der Waals surface area contributed by atoms with Crippen molar-refractivity contribution in [2.24, 2.45) is 0 Å². The molecular weight excluding hydrogens is 416 g/mol. The third-order valence-electron chi connectivity index (χ3n) is 5.38. The molecule has 7 heteroatoms. The van der Waals surface area contributed by atoms with E-state index in [1.807, 2.05) is 52.0 Å². The summed E-state index contributed by atoms with van der Waals surface area (Å²) in [6, 6.07) is 14.4. The predicted octanol–water partition coefficient (Wildman–Crippen LogP) is 4.01. The molecule has 1 heterocycles. The maximum absolute atomic E-state index is 12.6. The van der Waals surface area contributed by atoms with E-state index in [1.165, 1.54) is 0 Å². The van der Waals surface area contributed by atoms with Crippen LogP contribution in [0, 0.1) is 6.92 Å². The van der Waals surface area contributed by atoms with Crippen molar-refractivity contribution in [3.8, 4) is 11.1 Å². The summed E-state index contributed by atoms with van der Waals surface area (Å²) >= 11 is 0. The zero-order chi connectivity index (χ0) is 24.1. The molecule has 2 aromatic carbocycles. The second-order valence-corrected chi connectivity index (χ2v) is 8.26. The summed E-state index contributed by atoms with van der Waals surface area (Å²) in [4.78, 5) is 29.3. The minimum atomic E-state index is -1.26. The van der Waals surface area contributed by atoms with Crippen molar-refractivity contribution in [2.45, 2.75) is 46.3 Å². The Bertz CT molecular complexity index is 1170. The molecule has 1 aromatic heterocycles. The molecule has 0 saturated carbocycles. The number of hydrogen-bond donors (Lipinski definition) is 4. The van der Waals surface area contributed by atoms with Gasteiger partial charge in [-0.05, 0) is 67.6 Å². The Morgan fingerprint density at radius 2 is 1.85 bits per heavy atom. The first-order chi connectivity index (χ1) is 15.7. The zero-order valence-corrected chi connectivity index (χ0v) is 19.3. The number of pyridine rings is 1. The van der Waals surface area contributed by atoms with E-state index >= 15 is 0 Å². The lowest BCUT2D eigenvalue weighted by molar-refractivity contribution is -0.124. The summed E-state index contributed by atoms with van der Waals surface area (Å²) < 4.78 is 0. The number of amides is 2. The molecule has 0 unspecified atom stereocenters. The van der Waals surface area contributed by atoms with Crippen LogP contribution in [0.5, 0.6) is 0 Å². The number of carbonyl (C=O) groups excluding carboxylic acids is 2. The molecule has 0 radical (unpaired) electrons. The maximum Gasteiger partial charge on any atom is 0.257 e. The normalized spacial score (nSPS) is 11.8. The monoisotopic (exact) mass is 446 g/mol. The highest BCUT2D eigenvalue weighted by Crippen LogP contribution is 2.29. The fraction of sp³-hybridized carbons (Fsp3) is 0.269. The first-order valence-corrected chi connectivity index (χ1v) is 10.9. The van der Waals surface area contributed by atoms with Crippen LogP contribution in [-0.4, -0.2) is 27.9 Å². The Hall–Kier alpha value is -3.71. The highest BCUT2D eigenvalue weighted by Gasteiger charge is 2.20. The quantitative estimate of drug-likeness (QED) is 0.437. The van der Waals surface area contributed by atoms with Gasteiger partial charge in [0, 0.05) is 23.5 Å². The molecule has 5 N–H and O–H groups in total. The van der Waals surface area contributed by atoms with Gasteiger partial charge < -0.3 is 21.5 Å². The molecule has 33 heavy (non-hydrogen) atoms. The van der Waals surface area contributed by atoms with Crippen LogP contribution in [0.25, 0.3) is 11.1 Å². The summed E-state index contributed by atoms with van der Waals surface area (Å²) in [6.45, 7) is 7.61. The van der Waals surface area contributed by atoms with E-state index in [9.17, 15) is 14.7 Å². The van der Waals surface area contributed by atoms with Crippen LogP contribution in [-0.2, 0) is 11.2 Å². The molecule has 3 rings (SSSR count). The smallest absolute Gasteiger partial charge is 0.257 e. The lowest BCUT2D eigenvalue weighted by atomic mass is 9.97. The first-order valence-electron chi connectivity index (χ1n) is 10.9. The van der Waals surface area contributed by atoms with Gasteiger partial charge in [-0.25, -0.2) is 4.98 Å². The maximum atomic E-state index is 12.6. The topological polar surface area (TPSA) is 117 Å². The highest BCUT2D eigenvalue weighted by atomic mass is 16.3. The number of nitrogens with zero attached hydrogens (tertiary/aromatic N) is 1. The summed E-state index contributed by atoms with van der Waals surface area (Å²) in [7, 11) is 0. The number of aliphatic hydroxyl groups excluding tert-OH is 1. The van der Waals surface area contributed by atoms with Crippen molar-refractivity contribution in [1.82, 2.24) is 10.3 Å². The number of aliphatic hydroxyl groups is 1. The average Bonchev–Trinajstić information content (AvgIpc) is 2.78. The van der Waals surface area contributed by atoms with E-state index in [2.05, 4.69) is 15.6 Å². The lowest BCUT2D eigenvalue weighted by Crippen LogP contribution is -2.30. The van der Waals surface area contributed by atoms with Gasteiger partial charge in [0.1, 0.15) is 5.82 Å². The Balaban J connectivity index is 1.87. The predicted molar refractivity (Wildman–Crippen MR) is 131 cm³/mol. The standard InChI is InChI=1S/C26H30N4O3/c1-5-17-12-19(30-26(33)23(31)20-9-7-6-8-16(20)4)10-11-21(17)18-13-22(24(27)28-14-18)25(32)29-15(2)3/h6-15,23,31H,5H2,1-4H3,(H2,27,28)(H,29,32)(H,30,33)/t23-/m0/s1. The average molecular weight is 447 g/mol. The number of nitrogens with one attached hydrogen (secondary N) is 2. The Morgan fingerprint density at radius 1 is 1.12 bits per heavy atom. The van der Waals surface area contributed by atoms with Crippen LogP contribution in [0.1, 0.15) is 53.9 Å². The first kappa shape index (κ1) is 23.9. The van der Waals surface area contributed by atoms with Crippen LogP contribution in [0.15, 0.2) is 54.7 Å². The van der Waals surface area contributed by atoms with E-state index in [1.54, 1.807) is 30.5 Å². The number of nitrogens with two attached hydrogens (primary N) is 1. The number of aryl methyl sites for hydroxylation is 2. The number of hydrogen-bond acceptors (Lipinski definition) is 5. The van der Waals surface area contributed by atoms with Gasteiger partial charge in [-0.3, -0.25) is 9.59 Å². The second-order valence-electron chi connectivity index (χ2n) is 8.26. The summed E-state index contributed by atoms with van der Waals surface area (Å²) in [5.74, 6) is -0.603. The van der Waals surface area contributed by atoms with Crippen molar-refractivity contribution in [2.75, 3.05) is 11.1 Å². The molecular formula is C26H30N4O3. The van der Waals surface area contributed by atoms with E-state index in [4.69, 9.17) is 5.73 Å². The van der Waals surface area contributed by atoms with Crippen LogP contribution < -0.4 is 16.4 Å². The number of rotatable bonds is 7. The Morgan fingerprint density at radius 3 is 2.52 bits per heavy atom. The van der Waals surface area contributed by atoms with Gasteiger partial charge in [-0.15, -0.1) is 0 Å². The molecule has 0 fully saturated rings. The van der Waals surface area contributed by atoms with E-state index < -0.39 is 12.0 Å². The molecule has 0 spiro atoms. The van der Waals surface area contributed by atoms with Crippen LogP contribution in [0.4, 0.5) is 11.5 Å². The van der Waals surface area contributed by atoms with E-state index in [0.29, 0.717) is 23.2 Å². The fourth-order valence-electron chi connectivity index (χ4n) is 3.64. The second kappa shape index (κ2) is 10.3. The molecule has 3 aromatic rings. The number of carbonyl (C=O) groups is 2. The molecule has 0 aliphatic heterocycles. The van der Waals surface area contributed by atoms with Gasteiger partial charge in [-0.2, -0.15) is 0 Å². The van der Waals surface area contributed by atoms with Crippen molar-refractivity contribution >= 4 is 23.3 Å². The van der Waals surface area contributed by atoms with Gasteiger partial charge in [0.05, 0.1) is 5.56 Å². The minimum absolute atomic E-state index is 0.0234. The molecule has 0 bridgehead atoms. The van der Waals surface area contributed by atoms with Crippen molar-refractivity contribution in [3.05, 3.63) is 77.0 Å². The van der Waals surface area contributed by atoms with Crippen LogP contribution >= 0.6 is 0 Å². The SMILES string of the molecule is CCc1cc(NC(=O)[C@@H](O)c2ccccc2C)ccc1-c1cnc(N)c(C(=O)NC(C)C)c1. The summed E-state index contributed by atoms with van der Waals surface area (Å²) in [6.07, 6.45) is 1.06. The van der Waals surface area contributed by atoms with Gasteiger partial charge in [0.2, 0.25) is 0 Å². The van der Waals surface area contributed by atoms with Crippen molar-refractivity contribution in [1.29, 1.82) is 0 Å². The molecule has 7 nitrogen and oxygen atoms in total. The van der Waals surface area contributed by atoms with Gasteiger partial charge in [0.25, 0.3) is 11.8 Å². The molecule has 1 atom stereocenters. The number of aromatic nitrogens is 1. The number of benzene rings is 2. The van der Waals surface area contributed by atoms with Gasteiger partial charge in [0.15, 0.2) is 6.10 Å². The number of anilines is 2. The fourth-order valence-corrected chi connectivity index (χ4v) is 3.64. The molecule has 0 saturated heterocycles. The summed E-state index contributed by atoms with van der Waals surface area (Å²) in [5.41, 5.74) is 10.9. The Kier molecular flexibility index (Phi) is 7.45. The molecule has 172 valence electrons. The van der Waals surface area contributed by atoms with Crippen LogP contribution in [0.3, 0.4) is 0 Å². The van der Waals surface area contributed by atoms with E-state index in [0.717, 1.165) is 22.3 Å². The van der Waals surface area contributed by atoms with Crippen molar-refractivity contribution in [3.63, 3.8) is 0 Å². The number of nitrogen functional groups attached to an aromatic ring is 1. The van der Waals surface area contributed by atoms with Crippen molar-refractivity contribution < 1.29 is 14.7 Å². The van der Waals surface area contributed by atoms with Crippen LogP contribution in [0.2, 0.25) is 0 Å². The van der Waals surface area contributed by atoms with Gasteiger partial charge >= 0.3 is 0 Å². The Labute approximate surface area is 194 Å². The molecule has 0 aliphatic rings. The molecule has 2 amide bonds. The van der Waals surface area contributed by atoms with Gasteiger partial charge in [-0.1, -0.05) is 37.3 Å². The zero-order valence-electron chi connectivity index (χ0n) is 19.3. The largest absolute Gasteiger partial charge is 0.383 e. The third-order valence-corrected chi connectivity index (χ3v) is 5.38. The lowest BCUT2D eigenvalue weighted by Gasteiger charge is -2.16. The van der Waals surface area contributed by atoms with E-state index in [-0.39, 0.29) is 17.8 Å². The third kappa shape index (κ3) is 5.56. The molecule has 0 aliphatic carbocycles. The minimum Gasteiger partial charge on any atom is -0.383 e.